The van der Waals surface area contributed by atoms with Crippen LogP contribution in [0.25, 0.3) is 0 Å². The van der Waals surface area contributed by atoms with Gasteiger partial charge < -0.3 is 10.1 Å². The fourth-order valence-electron chi connectivity index (χ4n) is 1.92. The molecule has 0 aliphatic rings. The molecule has 2 aromatic carbocycles. The van der Waals surface area contributed by atoms with Crippen LogP contribution in [-0.2, 0) is 6.54 Å². The Morgan fingerprint density at radius 2 is 2.00 bits per heavy atom. The normalized spacial score (nSPS) is 11.0. The van der Waals surface area contributed by atoms with E-state index in [0.717, 1.165) is 22.3 Å². The minimum atomic E-state index is 0.406. The van der Waals surface area contributed by atoms with E-state index < -0.39 is 0 Å². The molecule has 112 valence electrons. The quantitative estimate of drug-likeness (QED) is 0.730. The molecule has 21 heavy (non-hydrogen) atoms. The lowest BCUT2D eigenvalue weighted by Gasteiger charge is -2.15. The van der Waals surface area contributed by atoms with Crippen LogP contribution < -0.4 is 10.1 Å². The van der Waals surface area contributed by atoms with E-state index in [9.17, 15) is 0 Å². The number of hydrogen-bond acceptors (Lipinski definition) is 2. The molecule has 0 heterocycles. The average Bonchev–Trinajstić information content (AvgIpc) is 2.42. The molecule has 2 nitrogen and oxygen atoms in total. The molecule has 2 aromatic rings. The summed E-state index contributed by atoms with van der Waals surface area (Å²) in [5.41, 5.74) is 2.22. The zero-order valence-electron chi connectivity index (χ0n) is 12.4. The highest BCUT2D eigenvalue weighted by molar-refractivity contribution is 9.10. The summed E-state index contributed by atoms with van der Waals surface area (Å²) in [5.74, 6) is 1.47. The van der Waals surface area contributed by atoms with Gasteiger partial charge in [-0.05, 0) is 46.6 Å². The van der Waals surface area contributed by atoms with Crippen molar-refractivity contribution in [3.63, 3.8) is 0 Å². The SMILES string of the molecule is Cc1ccc(Oc2c(Cl)cccc2CNC(C)C)c(Br)c1. The monoisotopic (exact) mass is 367 g/mol. The third-order valence-corrected chi connectivity index (χ3v) is 3.97. The first-order chi connectivity index (χ1) is 9.97. The molecule has 0 aliphatic heterocycles. The number of para-hydroxylation sites is 1. The van der Waals surface area contributed by atoms with Crippen LogP contribution in [0.1, 0.15) is 25.0 Å². The minimum absolute atomic E-state index is 0.406. The molecule has 0 unspecified atom stereocenters. The molecule has 0 aliphatic carbocycles. The number of benzene rings is 2. The molecule has 0 atom stereocenters. The molecule has 0 radical (unpaired) electrons. The van der Waals surface area contributed by atoms with Crippen molar-refractivity contribution in [2.45, 2.75) is 33.4 Å². The highest BCUT2D eigenvalue weighted by Crippen LogP contribution is 2.36. The standard InChI is InChI=1S/C17H19BrClNO/c1-11(2)20-10-13-5-4-6-15(19)17(13)21-16-8-7-12(3)9-14(16)18/h4-9,11,20H,10H2,1-3H3. The van der Waals surface area contributed by atoms with E-state index in [-0.39, 0.29) is 0 Å². The zero-order valence-corrected chi connectivity index (χ0v) is 14.8. The van der Waals surface area contributed by atoms with Gasteiger partial charge in [0.2, 0.25) is 0 Å². The molecule has 0 fully saturated rings. The van der Waals surface area contributed by atoms with Crippen molar-refractivity contribution in [2.75, 3.05) is 0 Å². The molecule has 0 saturated carbocycles. The molecule has 0 amide bonds. The van der Waals surface area contributed by atoms with Crippen LogP contribution in [0.2, 0.25) is 5.02 Å². The van der Waals surface area contributed by atoms with Gasteiger partial charge >= 0.3 is 0 Å². The fraction of sp³-hybridized carbons (Fsp3) is 0.294. The first kappa shape index (κ1) is 16.3. The molecule has 2 rings (SSSR count). The van der Waals surface area contributed by atoms with E-state index in [0.29, 0.717) is 16.8 Å². The van der Waals surface area contributed by atoms with Crippen LogP contribution in [0.4, 0.5) is 0 Å². The molecule has 0 spiro atoms. The van der Waals surface area contributed by atoms with Gasteiger partial charge in [-0.2, -0.15) is 0 Å². The van der Waals surface area contributed by atoms with Gasteiger partial charge in [0.25, 0.3) is 0 Å². The van der Waals surface area contributed by atoms with Crippen LogP contribution in [0, 0.1) is 6.92 Å². The predicted octanol–water partition coefficient (Wildman–Crippen LogP) is 5.70. The number of rotatable bonds is 5. The molecule has 0 bridgehead atoms. The maximum atomic E-state index is 6.31. The van der Waals surface area contributed by atoms with Crippen molar-refractivity contribution in [2.24, 2.45) is 0 Å². The van der Waals surface area contributed by atoms with Gasteiger partial charge in [-0.15, -0.1) is 0 Å². The molecular formula is C17H19BrClNO. The van der Waals surface area contributed by atoms with Crippen LogP contribution >= 0.6 is 27.5 Å². The Labute approximate surface area is 139 Å². The van der Waals surface area contributed by atoms with Gasteiger partial charge in [0.05, 0.1) is 9.50 Å². The summed E-state index contributed by atoms with van der Waals surface area (Å²) in [4.78, 5) is 0. The molecule has 1 N–H and O–H groups in total. The van der Waals surface area contributed by atoms with Gasteiger partial charge in [0.1, 0.15) is 5.75 Å². The predicted molar refractivity (Wildman–Crippen MR) is 92.4 cm³/mol. The minimum Gasteiger partial charge on any atom is -0.454 e. The van der Waals surface area contributed by atoms with Gasteiger partial charge in [-0.3, -0.25) is 0 Å². The van der Waals surface area contributed by atoms with Crippen molar-refractivity contribution >= 4 is 27.5 Å². The van der Waals surface area contributed by atoms with Crippen molar-refractivity contribution in [3.05, 3.63) is 57.0 Å². The third-order valence-electron chi connectivity index (χ3n) is 3.05. The lowest BCUT2D eigenvalue weighted by atomic mass is 10.2. The second-order valence-electron chi connectivity index (χ2n) is 5.30. The lowest BCUT2D eigenvalue weighted by Crippen LogP contribution is -2.22. The Morgan fingerprint density at radius 3 is 2.67 bits per heavy atom. The molecule has 4 heteroatoms. The summed E-state index contributed by atoms with van der Waals surface area (Å²) in [7, 11) is 0. The van der Waals surface area contributed by atoms with Crippen LogP contribution in [0.15, 0.2) is 40.9 Å². The first-order valence-electron chi connectivity index (χ1n) is 6.92. The summed E-state index contributed by atoms with van der Waals surface area (Å²) in [5, 5.41) is 4.00. The van der Waals surface area contributed by atoms with Crippen LogP contribution in [-0.4, -0.2) is 6.04 Å². The van der Waals surface area contributed by atoms with Crippen molar-refractivity contribution in [1.82, 2.24) is 5.32 Å². The zero-order chi connectivity index (χ0) is 15.4. The summed E-state index contributed by atoms with van der Waals surface area (Å²) in [6.45, 7) is 6.99. The Balaban J connectivity index is 2.29. The fourth-order valence-corrected chi connectivity index (χ4v) is 2.73. The number of ether oxygens (including phenoxy) is 1. The van der Waals surface area contributed by atoms with Crippen molar-refractivity contribution in [1.29, 1.82) is 0 Å². The summed E-state index contributed by atoms with van der Waals surface area (Å²) < 4.78 is 6.96. The summed E-state index contributed by atoms with van der Waals surface area (Å²) in [6.07, 6.45) is 0. The summed E-state index contributed by atoms with van der Waals surface area (Å²) in [6, 6.07) is 12.2. The van der Waals surface area contributed by atoms with E-state index in [1.54, 1.807) is 0 Å². The highest BCUT2D eigenvalue weighted by Gasteiger charge is 2.12. The Morgan fingerprint density at radius 1 is 1.24 bits per heavy atom. The highest BCUT2D eigenvalue weighted by atomic mass is 79.9. The Kier molecular flexibility index (Phi) is 5.68. The molecule has 0 aromatic heterocycles. The maximum Gasteiger partial charge on any atom is 0.150 e. The third kappa shape index (κ3) is 4.47. The topological polar surface area (TPSA) is 21.3 Å². The van der Waals surface area contributed by atoms with E-state index in [2.05, 4.69) is 35.1 Å². The second kappa shape index (κ2) is 7.30. The number of halogens is 2. The van der Waals surface area contributed by atoms with Gasteiger partial charge in [-0.1, -0.05) is 43.6 Å². The maximum absolute atomic E-state index is 6.31. The van der Waals surface area contributed by atoms with E-state index in [1.807, 2.05) is 43.3 Å². The largest absolute Gasteiger partial charge is 0.454 e. The Hall–Kier alpha value is -1.03. The number of aryl methyl sites for hydroxylation is 1. The first-order valence-corrected chi connectivity index (χ1v) is 8.09. The van der Waals surface area contributed by atoms with Crippen LogP contribution in [0.5, 0.6) is 11.5 Å². The second-order valence-corrected chi connectivity index (χ2v) is 6.56. The van der Waals surface area contributed by atoms with E-state index >= 15 is 0 Å². The lowest BCUT2D eigenvalue weighted by molar-refractivity contribution is 0.467. The molecule has 0 saturated heterocycles. The Bertz CT molecular complexity index is 628. The summed E-state index contributed by atoms with van der Waals surface area (Å²) >= 11 is 9.84. The van der Waals surface area contributed by atoms with Crippen molar-refractivity contribution in [3.8, 4) is 11.5 Å². The van der Waals surface area contributed by atoms with Gasteiger partial charge in [0.15, 0.2) is 5.75 Å². The smallest absolute Gasteiger partial charge is 0.150 e. The number of nitrogens with one attached hydrogen (secondary N) is 1. The van der Waals surface area contributed by atoms with Gasteiger partial charge in [-0.25, -0.2) is 0 Å². The van der Waals surface area contributed by atoms with E-state index in [1.165, 1.54) is 5.56 Å². The number of hydrogen-bond donors (Lipinski definition) is 1. The van der Waals surface area contributed by atoms with Gasteiger partial charge in [0, 0.05) is 18.2 Å². The average molecular weight is 369 g/mol. The molecular weight excluding hydrogens is 350 g/mol. The van der Waals surface area contributed by atoms with Crippen molar-refractivity contribution < 1.29 is 4.74 Å². The van der Waals surface area contributed by atoms with E-state index in [4.69, 9.17) is 16.3 Å². The van der Waals surface area contributed by atoms with Crippen LogP contribution in [0.3, 0.4) is 0 Å².